The number of aromatic nitrogens is 2. The molecule has 1 aromatic heterocycles. The molecule has 0 aliphatic rings. The van der Waals surface area contributed by atoms with Gasteiger partial charge in [0.1, 0.15) is 25.1 Å². The first-order valence-electron chi connectivity index (χ1n) is 7.06. The second kappa shape index (κ2) is 9.16. The summed E-state index contributed by atoms with van der Waals surface area (Å²) in [6.07, 6.45) is -3.43. The number of aliphatic hydroxyl groups excluding tert-OH is 1. The molecule has 0 aromatic carbocycles. The van der Waals surface area contributed by atoms with Gasteiger partial charge in [0.15, 0.2) is 5.90 Å². The summed E-state index contributed by atoms with van der Waals surface area (Å²) < 4.78 is 45.8. The van der Waals surface area contributed by atoms with Crippen LogP contribution in [0.25, 0.3) is 0 Å². The van der Waals surface area contributed by atoms with Crippen LogP contribution in [0.3, 0.4) is 0 Å². The van der Waals surface area contributed by atoms with E-state index in [9.17, 15) is 33.1 Å². The van der Waals surface area contributed by atoms with E-state index < -0.39 is 64.1 Å². The van der Waals surface area contributed by atoms with E-state index in [2.05, 4.69) is 4.52 Å². The Kier molecular flexibility index (Phi) is 8.05. The van der Waals surface area contributed by atoms with Crippen LogP contribution in [0.15, 0.2) is 21.9 Å². The quantitative estimate of drug-likeness (QED) is 0.297. The number of ether oxygens (including phenoxy) is 1. The van der Waals surface area contributed by atoms with Crippen molar-refractivity contribution in [1.82, 2.24) is 9.55 Å². The van der Waals surface area contributed by atoms with E-state index in [0.29, 0.717) is 0 Å². The third-order valence-corrected chi connectivity index (χ3v) is 6.46. The number of H-pyrrole nitrogens is 1. The van der Waals surface area contributed by atoms with Crippen molar-refractivity contribution in [2.75, 3.05) is 19.2 Å². The van der Waals surface area contributed by atoms with Crippen molar-refractivity contribution in [3.63, 3.8) is 0 Å². The Labute approximate surface area is 145 Å². The van der Waals surface area contributed by atoms with E-state index >= 15 is 0 Å². The van der Waals surface area contributed by atoms with Gasteiger partial charge in [-0.2, -0.15) is 0 Å². The summed E-state index contributed by atoms with van der Waals surface area (Å²) in [6.45, 7) is -0.900. The second-order valence-electron chi connectivity index (χ2n) is 5.25. The molecule has 15 heteroatoms. The number of aromatic amines is 1. The summed E-state index contributed by atoms with van der Waals surface area (Å²) in [4.78, 5) is 51.5. The van der Waals surface area contributed by atoms with Gasteiger partial charge in [0.25, 0.3) is 5.56 Å². The molecule has 0 saturated heterocycles. The van der Waals surface area contributed by atoms with Gasteiger partial charge in [0.05, 0.1) is 6.61 Å². The number of nitrogens with one attached hydrogen (secondary N) is 1. The number of halogens is 1. The molecule has 0 aliphatic carbocycles. The third-order valence-electron chi connectivity index (χ3n) is 3.01. The number of rotatable bonds is 10. The normalized spacial score (nSPS) is 18.1. The zero-order valence-corrected chi connectivity index (χ0v) is 15.3. The lowest BCUT2D eigenvalue weighted by Gasteiger charge is -2.26. The second-order valence-corrected chi connectivity index (χ2v) is 9.25. The zero-order chi connectivity index (χ0) is 20.1. The van der Waals surface area contributed by atoms with Crippen molar-refractivity contribution in [1.29, 1.82) is 0 Å². The maximum absolute atomic E-state index is 12.8. The summed E-state index contributed by atoms with van der Waals surface area (Å²) in [6, 6.07) is 1.01. The average molecular weight is 420 g/mol. The van der Waals surface area contributed by atoms with E-state index in [1.807, 2.05) is 4.98 Å². The highest BCUT2D eigenvalue weighted by molar-refractivity contribution is 7.70. The minimum absolute atomic E-state index is 0.666. The molecule has 1 rings (SSSR count). The number of hydrogen-bond acceptors (Lipinski definition) is 7. The van der Waals surface area contributed by atoms with E-state index in [4.69, 9.17) is 14.5 Å². The molecular weight excluding hydrogens is 401 g/mol. The molecule has 1 aromatic rings. The standard InChI is InChI=1S/C11H19FN2O10P2/c1-7(14-3-2-10(16)13-11(14)17)24-9(8(15)4-12)5-23-26(21,22)6-25(18,19)20/h2-3,7-9,15H,4-6H2,1H3,(H,21,22)(H,13,16,17)(H2,18,19,20)/t7-,8?,9?/m1/s1. The van der Waals surface area contributed by atoms with Crippen LogP contribution >= 0.6 is 15.2 Å². The molecule has 1 heterocycles. The van der Waals surface area contributed by atoms with Crippen LogP contribution in [-0.4, -0.2) is 60.7 Å². The molecule has 5 N–H and O–H groups in total. The van der Waals surface area contributed by atoms with Crippen LogP contribution < -0.4 is 11.2 Å². The largest absolute Gasteiger partial charge is 0.388 e. The van der Waals surface area contributed by atoms with Crippen LogP contribution in [0.5, 0.6) is 0 Å². The molecule has 3 unspecified atom stereocenters. The molecule has 4 atom stereocenters. The molecule has 0 amide bonds. The van der Waals surface area contributed by atoms with Crippen LogP contribution in [0, 0.1) is 0 Å². The van der Waals surface area contributed by atoms with Crippen LogP contribution in [0.2, 0.25) is 0 Å². The lowest BCUT2D eigenvalue weighted by molar-refractivity contribution is -0.119. The third kappa shape index (κ3) is 7.60. The first-order chi connectivity index (χ1) is 11.8. The van der Waals surface area contributed by atoms with Crippen LogP contribution in [-0.2, 0) is 18.4 Å². The van der Waals surface area contributed by atoms with Gasteiger partial charge in [-0.05, 0) is 6.92 Å². The number of hydrogen-bond donors (Lipinski definition) is 5. The van der Waals surface area contributed by atoms with Crippen molar-refractivity contribution < 1.29 is 42.6 Å². The molecule has 0 saturated carbocycles. The van der Waals surface area contributed by atoms with E-state index in [1.54, 1.807) is 0 Å². The predicted octanol–water partition coefficient (Wildman–Crippen LogP) is -0.892. The van der Waals surface area contributed by atoms with Crippen LogP contribution in [0.4, 0.5) is 4.39 Å². The fraction of sp³-hybridized carbons (Fsp3) is 0.636. The highest BCUT2D eigenvalue weighted by atomic mass is 31.2. The lowest BCUT2D eigenvalue weighted by Crippen LogP contribution is -2.39. The van der Waals surface area contributed by atoms with Crippen molar-refractivity contribution >= 4 is 15.2 Å². The molecular formula is C11H19FN2O10P2. The zero-order valence-electron chi connectivity index (χ0n) is 13.5. The maximum Gasteiger partial charge on any atom is 0.340 e. The molecule has 150 valence electrons. The summed E-state index contributed by atoms with van der Waals surface area (Å²) >= 11 is 0. The Bertz CT molecular complexity index is 805. The fourth-order valence-corrected chi connectivity index (χ4v) is 4.41. The number of aliphatic hydroxyl groups is 1. The van der Waals surface area contributed by atoms with Gasteiger partial charge < -0.3 is 29.0 Å². The van der Waals surface area contributed by atoms with Gasteiger partial charge in [0.2, 0.25) is 0 Å². The van der Waals surface area contributed by atoms with Gasteiger partial charge in [-0.3, -0.25) is 23.5 Å². The van der Waals surface area contributed by atoms with Crippen molar-refractivity contribution in [3.05, 3.63) is 33.1 Å². The monoisotopic (exact) mass is 420 g/mol. The first kappa shape index (κ1) is 22.9. The fourth-order valence-electron chi connectivity index (χ4n) is 1.84. The van der Waals surface area contributed by atoms with Crippen LogP contribution in [0.1, 0.15) is 13.2 Å². The van der Waals surface area contributed by atoms with Gasteiger partial charge in [-0.25, -0.2) is 9.18 Å². The Morgan fingerprint density at radius 2 is 1.92 bits per heavy atom. The van der Waals surface area contributed by atoms with Gasteiger partial charge >= 0.3 is 20.9 Å². The highest BCUT2D eigenvalue weighted by Gasteiger charge is 2.33. The topological polar surface area (TPSA) is 188 Å². The number of nitrogens with zero attached hydrogens (tertiary/aromatic N) is 1. The SMILES string of the molecule is C[C@@H](OC(COP(=O)(O)CP(=O)(O)O)C(O)CF)n1ccc(=O)[nH]c1=O. The first-order valence-corrected chi connectivity index (χ1v) is 10.6. The Hall–Kier alpha value is -1.17. The van der Waals surface area contributed by atoms with E-state index in [-0.39, 0.29) is 0 Å². The molecule has 0 spiro atoms. The summed E-state index contributed by atoms with van der Waals surface area (Å²) in [5.74, 6) is -1.46. The molecule has 0 aliphatic heterocycles. The minimum atomic E-state index is -4.86. The minimum Gasteiger partial charge on any atom is -0.388 e. The van der Waals surface area contributed by atoms with E-state index in [1.165, 1.54) is 6.92 Å². The maximum atomic E-state index is 12.8. The van der Waals surface area contributed by atoms with Crippen molar-refractivity contribution in [3.8, 4) is 0 Å². The summed E-state index contributed by atoms with van der Waals surface area (Å²) in [5, 5.41) is 9.61. The number of alkyl halides is 1. The highest BCUT2D eigenvalue weighted by Crippen LogP contribution is 2.55. The van der Waals surface area contributed by atoms with Crippen molar-refractivity contribution in [2.24, 2.45) is 0 Å². The summed E-state index contributed by atoms with van der Waals surface area (Å²) in [5.41, 5.74) is -1.52. The molecule has 0 bridgehead atoms. The molecule has 0 radical (unpaired) electrons. The lowest BCUT2D eigenvalue weighted by atomic mass is 10.2. The smallest absolute Gasteiger partial charge is 0.340 e. The van der Waals surface area contributed by atoms with E-state index in [0.717, 1.165) is 16.8 Å². The summed E-state index contributed by atoms with van der Waals surface area (Å²) in [7, 11) is -9.60. The molecule has 12 nitrogen and oxygen atoms in total. The average Bonchev–Trinajstić information content (AvgIpc) is 2.48. The predicted molar refractivity (Wildman–Crippen MR) is 85.6 cm³/mol. The Balaban J connectivity index is 2.87. The molecule has 26 heavy (non-hydrogen) atoms. The van der Waals surface area contributed by atoms with Crippen molar-refractivity contribution in [2.45, 2.75) is 25.4 Å². The van der Waals surface area contributed by atoms with Gasteiger partial charge in [-0.15, -0.1) is 0 Å². The Morgan fingerprint density at radius 3 is 2.42 bits per heavy atom. The Morgan fingerprint density at radius 1 is 1.31 bits per heavy atom. The van der Waals surface area contributed by atoms with Gasteiger partial charge in [0, 0.05) is 12.3 Å². The van der Waals surface area contributed by atoms with Gasteiger partial charge in [-0.1, -0.05) is 0 Å². The molecule has 0 fully saturated rings.